The van der Waals surface area contributed by atoms with E-state index in [1.54, 1.807) is 17.9 Å². The Kier molecular flexibility index (Phi) is 4.64. The van der Waals surface area contributed by atoms with Crippen molar-refractivity contribution in [1.29, 1.82) is 0 Å². The molecule has 0 atom stereocenters. The van der Waals surface area contributed by atoms with Crippen LogP contribution >= 0.6 is 0 Å². The van der Waals surface area contributed by atoms with Crippen LogP contribution in [0.1, 0.15) is 43.6 Å². The van der Waals surface area contributed by atoms with Crippen molar-refractivity contribution in [3.05, 3.63) is 39.4 Å². The summed E-state index contributed by atoms with van der Waals surface area (Å²) in [5.41, 5.74) is 1.10. The third-order valence-corrected chi connectivity index (χ3v) is 3.01. The largest absolute Gasteiger partial charge is 0.334 e. The van der Waals surface area contributed by atoms with E-state index in [4.69, 9.17) is 0 Å². The highest BCUT2D eigenvalue weighted by atomic mass is 16.6. The molecule has 0 fully saturated rings. The van der Waals surface area contributed by atoms with E-state index in [-0.39, 0.29) is 23.7 Å². The number of aryl methyl sites for hydroxylation is 1. The van der Waals surface area contributed by atoms with Crippen molar-refractivity contribution in [1.82, 2.24) is 4.90 Å². The van der Waals surface area contributed by atoms with E-state index in [0.717, 1.165) is 5.56 Å². The van der Waals surface area contributed by atoms with Gasteiger partial charge in [0.1, 0.15) is 0 Å². The lowest BCUT2D eigenvalue weighted by Gasteiger charge is -2.31. The van der Waals surface area contributed by atoms with Gasteiger partial charge in [0.15, 0.2) is 0 Å². The lowest BCUT2D eigenvalue weighted by Crippen LogP contribution is -2.42. The molecule has 0 heterocycles. The number of hydrogen-bond acceptors (Lipinski definition) is 3. The van der Waals surface area contributed by atoms with Crippen LogP contribution in [0.4, 0.5) is 5.69 Å². The predicted octanol–water partition coefficient (Wildman–Crippen LogP) is 3.16. The Morgan fingerprint density at radius 3 is 2.16 bits per heavy atom. The Hall–Kier alpha value is -1.91. The normalized spacial score (nSPS) is 10.9. The smallest absolute Gasteiger partial charge is 0.270 e. The highest BCUT2D eigenvalue weighted by Crippen LogP contribution is 2.21. The lowest BCUT2D eigenvalue weighted by atomic mass is 10.0. The van der Waals surface area contributed by atoms with E-state index in [1.807, 2.05) is 27.7 Å². The molecule has 0 unspecified atom stereocenters. The summed E-state index contributed by atoms with van der Waals surface area (Å²) in [7, 11) is 0. The molecule has 1 aromatic carbocycles. The third-order valence-electron chi connectivity index (χ3n) is 3.01. The summed E-state index contributed by atoms with van der Waals surface area (Å²) in [6.07, 6.45) is 0. The van der Waals surface area contributed by atoms with Crippen LogP contribution < -0.4 is 0 Å². The van der Waals surface area contributed by atoms with Crippen molar-refractivity contribution in [2.45, 2.75) is 46.7 Å². The Balaban J connectivity index is 3.24. The SMILES string of the molecule is Cc1ccc([N+](=O)[O-])cc1C(=O)N(C(C)C)C(C)C. The van der Waals surface area contributed by atoms with Crippen LogP contribution in [-0.4, -0.2) is 27.8 Å². The molecule has 1 aromatic rings. The summed E-state index contributed by atoms with van der Waals surface area (Å²) in [6, 6.07) is 4.48. The fourth-order valence-corrected chi connectivity index (χ4v) is 2.16. The van der Waals surface area contributed by atoms with Gasteiger partial charge in [0.2, 0.25) is 0 Å². The van der Waals surface area contributed by atoms with Gasteiger partial charge >= 0.3 is 0 Å². The molecule has 5 nitrogen and oxygen atoms in total. The Labute approximate surface area is 113 Å². The molecule has 0 aliphatic carbocycles. The van der Waals surface area contributed by atoms with Gasteiger partial charge in [0, 0.05) is 29.8 Å². The van der Waals surface area contributed by atoms with Crippen LogP contribution in [-0.2, 0) is 0 Å². The molecule has 0 saturated heterocycles. The first-order valence-corrected chi connectivity index (χ1v) is 6.33. The molecule has 0 aliphatic rings. The summed E-state index contributed by atoms with van der Waals surface area (Å²) in [6.45, 7) is 9.53. The number of carbonyl (C=O) groups excluding carboxylic acids is 1. The Morgan fingerprint density at radius 1 is 1.21 bits per heavy atom. The summed E-state index contributed by atoms with van der Waals surface area (Å²) < 4.78 is 0. The van der Waals surface area contributed by atoms with Crippen LogP contribution in [0.15, 0.2) is 18.2 Å². The van der Waals surface area contributed by atoms with Gasteiger partial charge in [-0.3, -0.25) is 14.9 Å². The van der Waals surface area contributed by atoms with Crippen LogP contribution in [0, 0.1) is 17.0 Å². The van der Waals surface area contributed by atoms with Gasteiger partial charge < -0.3 is 4.90 Å². The van der Waals surface area contributed by atoms with Gasteiger partial charge in [-0.2, -0.15) is 0 Å². The van der Waals surface area contributed by atoms with Crippen LogP contribution in [0.25, 0.3) is 0 Å². The maximum atomic E-state index is 12.5. The highest BCUT2D eigenvalue weighted by molar-refractivity contribution is 5.96. The number of rotatable bonds is 4. The molecule has 0 saturated carbocycles. The van der Waals surface area contributed by atoms with E-state index in [1.165, 1.54) is 12.1 Å². The number of carbonyl (C=O) groups is 1. The molecule has 19 heavy (non-hydrogen) atoms. The summed E-state index contributed by atoms with van der Waals surface area (Å²) in [5, 5.41) is 10.8. The van der Waals surface area contributed by atoms with Gasteiger partial charge in [-0.1, -0.05) is 6.07 Å². The first-order valence-electron chi connectivity index (χ1n) is 6.33. The van der Waals surface area contributed by atoms with Gasteiger partial charge in [0.25, 0.3) is 11.6 Å². The Bertz CT molecular complexity index is 487. The summed E-state index contributed by atoms with van der Waals surface area (Å²) in [5.74, 6) is -0.161. The number of nitrogens with zero attached hydrogens (tertiary/aromatic N) is 2. The molecule has 0 N–H and O–H groups in total. The number of benzene rings is 1. The minimum Gasteiger partial charge on any atom is -0.334 e. The molecule has 1 amide bonds. The number of nitro benzene ring substituents is 1. The lowest BCUT2D eigenvalue weighted by molar-refractivity contribution is -0.384. The average Bonchev–Trinajstić information content (AvgIpc) is 2.27. The zero-order valence-electron chi connectivity index (χ0n) is 12.0. The number of nitro groups is 1. The first kappa shape index (κ1) is 15.1. The van der Waals surface area contributed by atoms with Gasteiger partial charge in [-0.25, -0.2) is 0 Å². The minimum absolute atomic E-state index is 0.0474. The molecule has 0 spiro atoms. The van der Waals surface area contributed by atoms with Crippen molar-refractivity contribution in [3.8, 4) is 0 Å². The van der Waals surface area contributed by atoms with E-state index >= 15 is 0 Å². The van der Waals surface area contributed by atoms with E-state index in [0.29, 0.717) is 5.56 Å². The standard InChI is InChI=1S/C14H20N2O3/c1-9(2)15(10(3)4)14(17)13-8-12(16(18)19)7-6-11(13)5/h6-10H,1-5H3. The molecule has 0 aliphatic heterocycles. The quantitative estimate of drug-likeness (QED) is 0.619. The van der Waals surface area contributed by atoms with Crippen LogP contribution in [0.3, 0.4) is 0 Å². The Morgan fingerprint density at radius 2 is 1.74 bits per heavy atom. The second-order valence-corrected chi connectivity index (χ2v) is 5.16. The highest BCUT2D eigenvalue weighted by Gasteiger charge is 2.24. The molecule has 0 bridgehead atoms. The van der Waals surface area contributed by atoms with E-state index < -0.39 is 4.92 Å². The maximum Gasteiger partial charge on any atom is 0.270 e. The summed E-state index contributed by atoms with van der Waals surface area (Å²) >= 11 is 0. The second kappa shape index (κ2) is 5.82. The van der Waals surface area contributed by atoms with Crippen molar-refractivity contribution in [3.63, 3.8) is 0 Å². The fraction of sp³-hybridized carbons (Fsp3) is 0.500. The van der Waals surface area contributed by atoms with Crippen molar-refractivity contribution in [2.75, 3.05) is 0 Å². The molecular formula is C14H20N2O3. The van der Waals surface area contributed by atoms with Crippen LogP contribution in [0.2, 0.25) is 0 Å². The topological polar surface area (TPSA) is 63.5 Å². The number of hydrogen-bond donors (Lipinski definition) is 0. The van der Waals surface area contributed by atoms with Gasteiger partial charge in [-0.15, -0.1) is 0 Å². The number of non-ortho nitro benzene ring substituents is 1. The monoisotopic (exact) mass is 264 g/mol. The molecule has 0 aromatic heterocycles. The average molecular weight is 264 g/mol. The molecule has 0 radical (unpaired) electrons. The first-order chi connectivity index (χ1) is 8.75. The van der Waals surface area contributed by atoms with Gasteiger partial charge in [0.05, 0.1) is 4.92 Å². The van der Waals surface area contributed by atoms with E-state index in [9.17, 15) is 14.9 Å². The minimum atomic E-state index is -0.481. The van der Waals surface area contributed by atoms with E-state index in [2.05, 4.69) is 0 Å². The maximum absolute atomic E-state index is 12.5. The molecule has 104 valence electrons. The second-order valence-electron chi connectivity index (χ2n) is 5.16. The zero-order chi connectivity index (χ0) is 14.7. The van der Waals surface area contributed by atoms with Crippen molar-refractivity contribution in [2.24, 2.45) is 0 Å². The van der Waals surface area contributed by atoms with Crippen molar-refractivity contribution >= 4 is 11.6 Å². The van der Waals surface area contributed by atoms with Gasteiger partial charge in [-0.05, 0) is 40.2 Å². The molecular weight excluding hydrogens is 244 g/mol. The summed E-state index contributed by atoms with van der Waals surface area (Å²) in [4.78, 5) is 24.6. The number of amides is 1. The third kappa shape index (κ3) is 3.30. The van der Waals surface area contributed by atoms with Crippen molar-refractivity contribution < 1.29 is 9.72 Å². The molecule has 1 rings (SSSR count). The molecule has 5 heteroatoms. The van der Waals surface area contributed by atoms with Crippen LogP contribution in [0.5, 0.6) is 0 Å². The zero-order valence-corrected chi connectivity index (χ0v) is 12.0. The fourth-order valence-electron chi connectivity index (χ4n) is 2.16. The predicted molar refractivity (Wildman–Crippen MR) is 74.3 cm³/mol.